The maximum Gasteiger partial charge on any atom is 0.391 e. The fraction of sp³-hybridized carbons (Fsp3) is 0.636. The average molecular weight is 251 g/mol. The van der Waals surface area contributed by atoms with E-state index in [2.05, 4.69) is 5.32 Å². The number of furan rings is 1. The molecule has 1 rings (SSSR count). The number of hydrogen-bond acceptors (Lipinski definition) is 3. The van der Waals surface area contributed by atoms with Crippen molar-refractivity contribution in [2.24, 2.45) is 0 Å². The molecule has 3 nitrogen and oxygen atoms in total. The Bertz CT molecular complexity index is 347. The number of aryl methyl sites for hydroxylation is 1. The van der Waals surface area contributed by atoms with E-state index in [1.54, 1.807) is 6.07 Å². The molecular weight excluding hydrogens is 235 g/mol. The average Bonchev–Trinajstić information content (AvgIpc) is 2.54. The summed E-state index contributed by atoms with van der Waals surface area (Å²) in [7, 11) is 1.81. The first-order valence-electron chi connectivity index (χ1n) is 5.29. The first-order valence-corrected chi connectivity index (χ1v) is 5.29. The lowest BCUT2D eigenvalue weighted by Gasteiger charge is -2.05. The minimum Gasteiger partial charge on any atom is -0.464 e. The molecule has 0 amide bonds. The maximum atomic E-state index is 11.8. The van der Waals surface area contributed by atoms with Gasteiger partial charge >= 0.3 is 6.18 Å². The molecule has 0 bridgehead atoms. The Morgan fingerprint density at radius 2 is 2.12 bits per heavy atom. The topological polar surface area (TPSA) is 34.4 Å². The summed E-state index contributed by atoms with van der Waals surface area (Å²) in [6.45, 7) is 2.20. The van der Waals surface area contributed by atoms with Crippen molar-refractivity contribution in [2.75, 3.05) is 13.7 Å². The van der Waals surface area contributed by atoms with Gasteiger partial charge in [0.2, 0.25) is 0 Å². The standard InChI is InChI=1S/C11H16F3NO2/c1-8-9(6-15-2)5-10(17-8)7-16-4-3-11(12,13)14/h5,15H,3-4,6-7H2,1-2H3. The largest absolute Gasteiger partial charge is 0.464 e. The summed E-state index contributed by atoms with van der Waals surface area (Å²) in [5.74, 6) is 1.31. The van der Waals surface area contributed by atoms with Gasteiger partial charge in [-0.3, -0.25) is 0 Å². The van der Waals surface area contributed by atoms with Gasteiger partial charge in [-0.2, -0.15) is 13.2 Å². The second-order valence-corrected chi connectivity index (χ2v) is 3.74. The third-order valence-electron chi connectivity index (χ3n) is 2.21. The van der Waals surface area contributed by atoms with Crippen LogP contribution in [0.2, 0.25) is 0 Å². The minimum atomic E-state index is -4.17. The highest BCUT2D eigenvalue weighted by molar-refractivity contribution is 5.20. The Hall–Kier alpha value is -1.01. The van der Waals surface area contributed by atoms with Crippen LogP contribution in [0.15, 0.2) is 10.5 Å². The number of alkyl halides is 3. The van der Waals surface area contributed by atoms with Crippen LogP contribution in [-0.4, -0.2) is 19.8 Å². The summed E-state index contributed by atoms with van der Waals surface area (Å²) in [4.78, 5) is 0. The molecule has 0 atom stereocenters. The first kappa shape index (κ1) is 14.1. The molecular formula is C11H16F3NO2. The van der Waals surface area contributed by atoms with Crippen LogP contribution in [0.1, 0.15) is 23.5 Å². The van der Waals surface area contributed by atoms with Crippen molar-refractivity contribution in [3.63, 3.8) is 0 Å². The zero-order valence-corrected chi connectivity index (χ0v) is 9.86. The molecule has 0 aliphatic rings. The Kier molecular flexibility index (Phi) is 5.02. The fourth-order valence-electron chi connectivity index (χ4n) is 1.39. The molecule has 1 aromatic rings. The lowest BCUT2D eigenvalue weighted by molar-refractivity contribution is -0.146. The zero-order valence-electron chi connectivity index (χ0n) is 9.86. The smallest absolute Gasteiger partial charge is 0.391 e. The molecule has 0 saturated carbocycles. The molecule has 0 aliphatic carbocycles. The van der Waals surface area contributed by atoms with E-state index in [0.29, 0.717) is 12.3 Å². The molecule has 0 aliphatic heterocycles. The monoisotopic (exact) mass is 251 g/mol. The van der Waals surface area contributed by atoms with Crippen molar-refractivity contribution >= 4 is 0 Å². The molecule has 0 spiro atoms. The highest BCUT2D eigenvalue weighted by Crippen LogP contribution is 2.20. The van der Waals surface area contributed by atoms with E-state index in [0.717, 1.165) is 11.3 Å². The van der Waals surface area contributed by atoms with Crippen LogP contribution in [0.4, 0.5) is 13.2 Å². The molecule has 0 unspecified atom stereocenters. The Balaban J connectivity index is 2.34. The van der Waals surface area contributed by atoms with Crippen molar-refractivity contribution in [3.8, 4) is 0 Å². The SMILES string of the molecule is CNCc1cc(COCCC(F)(F)F)oc1C. The van der Waals surface area contributed by atoms with E-state index in [9.17, 15) is 13.2 Å². The fourth-order valence-corrected chi connectivity index (χ4v) is 1.39. The second kappa shape index (κ2) is 6.07. The van der Waals surface area contributed by atoms with Gasteiger partial charge < -0.3 is 14.5 Å². The van der Waals surface area contributed by atoms with Crippen LogP contribution in [0.3, 0.4) is 0 Å². The summed E-state index contributed by atoms with van der Waals surface area (Å²) in [5.41, 5.74) is 0.988. The van der Waals surface area contributed by atoms with Crippen molar-refractivity contribution in [3.05, 3.63) is 23.2 Å². The molecule has 6 heteroatoms. The molecule has 1 N–H and O–H groups in total. The van der Waals surface area contributed by atoms with Crippen LogP contribution >= 0.6 is 0 Å². The van der Waals surface area contributed by atoms with Gasteiger partial charge in [-0.05, 0) is 20.0 Å². The Morgan fingerprint density at radius 3 is 2.71 bits per heavy atom. The molecule has 1 heterocycles. The Labute approximate surface area is 97.9 Å². The van der Waals surface area contributed by atoms with E-state index >= 15 is 0 Å². The van der Waals surface area contributed by atoms with Crippen LogP contribution in [0.5, 0.6) is 0 Å². The number of hydrogen-bond donors (Lipinski definition) is 1. The van der Waals surface area contributed by atoms with Crippen molar-refractivity contribution < 1.29 is 22.3 Å². The van der Waals surface area contributed by atoms with Gasteiger partial charge in [0.15, 0.2) is 0 Å². The predicted molar refractivity (Wildman–Crippen MR) is 56.5 cm³/mol. The van der Waals surface area contributed by atoms with Gasteiger partial charge in [-0.15, -0.1) is 0 Å². The van der Waals surface area contributed by atoms with E-state index in [1.807, 2.05) is 14.0 Å². The second-order valence-electron chi connectivity index (χ2n) is 3.74. The molecule has 0 radical (unpaired) electrons. The summed E-state index contributed by atoms with van der Waals surface area (Å²) in [5, 5.41) is 2.98. The third-order valence-corrected chi connectivity index (χ3v) is 2.21. The first-order chi connectivity index (χ1) is 7.92. The maximum absolute atomic E-state index is 11.8. The van der Waals surface area contributed by atoms with Crippen LogP contribution in [0.25, 0.3) is 0 Å². The van der Waals surface area contributed by atoms with Gasteiger partial charge in [0.25, 0.3) is 0 Å². The van der Waals surface area contributed by atoms with Gasteiger partial charge in [0.1, 0.15) is 18.1 Å². The van der Waals surface area contributed by atoms with Crippen LogP contribution < -0.4 is 5.32 Å². The van der Waals surface area contributed by atoms with Gasteiger partial charge in [-0.1, -0.05) is 0 Å². The van der Waals surface area contributed by atoms with Gasteiger partial charge in [-0.25, -0.2) is 0 Å². The number of rotatable bonds is 6. The number of nitrogens with one attached hydrogen (secondary N) is 1. The normalized spacial score (nSPS) is 12.1. The lowest BCUT2D eigenvalue weighted by Crippen LogP contribution is -2.11. The quantitative estimate of drug-likeness (QED) is 0.789. The number of ether oxygens (including phenoxy) is 1. The van der Waals surface area contributed by atoms with Gasteiger partial charge in [0.05, 0.1) is 13.0 Å². The predicted octanol–water partition coefficient (Wildman–Crippen LogP) is 2.78. The molecule has 17 heavy (non-hydrogen) atoms. The van der Waals surface area contributed by atoms with E-state index in [1.165, 1.54) is 0 Å². The van der Waals surface area contributed by atoms with E-state index in [-0.39, 0.29) is 13.2 Å². The van der Waals surface area contributed by atoms with Crippen molar-refractivity contribution in [1.82, 2.24) is 5.32 Å². The highest BCUT2D eigenvalue weighted by atomic mass is 19.4. The minimum absolute atomic E-state index is 0.0701. The summed E-state index contributed by atoms with van der Waals surface area (Å²) < 4.78 is 45.8. The van der Waals surface area contributed by atoms with Gasteiger partial charge in [0, 0.05) is 12.1 Å². The molecule has 0 saturated heterocycles. The lowest BCUT2D eigenvalue weighted by atomic mass is 10.2. The molecule has 1 aromatic heterocycles. The third kappa shape index (κ3) is 5.23. The molecule has 0 fully saturated rings. The molecule has 0 aromatic carbocycles. The Morgan fingerprint density at radius 1 is 1.41 bits per heavy atom. The summed E-state index contributed by atoms with van der Waals surface area (Å²) in [6, 6.07) is 1.79. The summed E-state index contributed by atoms with van der Waals surface area (Å²) >= 11 is 0. The number of halogens is 3. The molecule has 98 valence electrons. The summed E-state index contributed by atoms with van der Waals surface area (Å²) in [6.07, 6.45) is -5.10. The highest BCUT2D eigenvalue weighted by Gasteiger charge is 2.26. The van der Waals surface area contributed by atoms with Crippen LogP contribution in [0, 0.1) is 6.92 Å². The van der Waals surface area contributed by atoms with E-state index in [4.69, 9.17) is 9.15 Å². The van der Waals surface area contributed by atoms with Crippen LogP contribution in [-0.2, 0) is 17.9 Å². The zero-order chi connectivity index (χ0) is 12.9. The van der Waals surface area contributed by atoms with Crippen molar-refractivity contribution in [1.29, 1.82) is 0 Å². The van der Waals surface area contributed by atoms with Crippen molar-refractivity contribution in [2.45, 2.75) is 32.7 Å². The van der Waals surface area contributed by atoms with E-state index < -0.39 is 12.6 Å².